The molecular weight excluding hydrogens is 302 g/mol. The van der Waals surface area contributed by atoms with Gasteiger partial charge in [0.2, 0.25) is 0 Å². The van der Waals surface area contributed by atoms with E-state index in [-0.39, 0.29) is 9.76 Å². The Balaban J connectivity index is 3.95. The molecule has 0 bridgehead atoms. The van der Waals surface area contributed by atoms with Crippen LogP contribution in [0.2, 0.25) is 6.04 Å². The molecule has 0 radical (unpaired) electrons. The first kappa shape index (κ1) is 23.1. The SMILES string of the molecule is CCN(C)CCCN(CCC[SiH2]OC(C)C)CCCN(C)CC. The zero-order valence-corrected chi connectivity index (χ0v) is 18.2. The van der Waals surface area contributed by atoms with Crippen molar-refractivity contribution in [3.05, 3.63) is 0 Å². The largest absolute Gasteiger partial charge is 0.422 e. The van der Waals surface area contributed by atoms with E-state index in [1.54, 1.807) is 0 Å². The maximum absolute atomic E-state index is 5.78. The van der Waals surface area contributed by atoms with E-state index in [1.807, 2.05) is 0 Å². The van der Waals surface area contributed by atoms with Crippen molar-refractivity contribution in [3.8, 4) is 0 Å². The van der Waals surface area contributed by atoms with Gasteiger partial charge in [-0.1, -0.05) is 13.8 Å². The van der Waals surface area contributed by atoms with Gasteiger partial charge in [-0.2, -0.15) is 0 Å². The average molecular weight is 346 g/mol. The molecule has 0 aromatic carbocycles. The monoisotopic (exact) mass is 345 g/mol. The van der Waals surface area contributed by atoms with Gasteiger partial charge in [-0.15, -0.1) is 0 Å². The number of rotatable bonds is 16. The summed E-state index contributed by atoms with van der Waals surface area (Å²) in [6, 6.07) is 1.32. The minimum absolute atomic E-state index is 0.294. The Morgan fingerprint density at radius 3 is 1.70 bits per heavy atom. The third kappa shape index (κ3) is 15.3. The standard InChI is InChI=1S/C18H43N3OSi/c1-7-19(5)12-9-14-21(15-10-13-20(6)8-2)16-11-17-23-22-18(3)4/h18H,7-17,23H2,1-6H3. The van der Waals surface area contributed by atoms with Gasteiger partial charge >= 0.3 is 0 Å². The molecule has 0 unspecified atom stereocenters. The highest BCUT2D eigenvalue weighted by Crippen LogP contribution is 2.02. The summed E-state index contributed by atoms with van der Waals surface area (Å²) in [5.74, 6) is 0. The van der Waals surface area contributed by atoms with Crippen LogP contribution in [0.4, 0.5) is 0 Å². The molecule has 0 aromatic heterocycles. The van der Waals surface area contributed by atoms with Crippen molar-refractivity contribution in [3.63, 3.8) is 0 Å². The van der Waals surface area contributed by atoms with E-state index < -0.39 is 0 Å². The summed E-state index contributed by atoms with van der Waals surface area (Å²) in [6.07, 6.45) is 4.31. The Kier molecular flexibility index (Phi) is 15.6. The Bertz CT molecular complexity index is 238. The fourth-order valence-electron chi connectivity index (χ4n) is 2.54. The van der Waals surface area contributed by atoms with Crippen LogP contribution in [0.15, 0.2) is 0 Å². The van der Waals surface area contributed by atoms with E-state index >= 15 is 0 Å². The Morgan fingerprint density at radius 1 is 0.783 bits per heavy atom. The molecule has 5 heteroatoms. The zero-order valence-electron chi connectivity index (χ0n) is 16.8. The number of nitrogens with zero attached hydrogens (tertiary/aromatic N) is 3. The maximum Gasteiger partial charge on any atom is 0.161 e. The molecule has 4 nitrogen and oxygen atoms in total. The number of hydrogen-bond donors (Lipinski definition) is 0. The highest BCUT2D eigenvalue weighted by Gasteiger charge is 2.06. The van der Waals surface area contributed by atoms with E-state index in [4.69, 9.17) is 4.43 Å². The van der Waals surface area contributed by atoms with Gasteiger partial charge in [0.15, 0.2) is 9.76 Å². The first-order valence-corrected chi connectivity index (χ1v) is 11.3. The van der Waals surface area contributed by atoms with Crippen molar-refractivity contribution in [2.75, 3.05) is 59.9 Å². The van der Waals surface area contributed by atoms with Crippen molar-refractivity contribution < 1.29 is 4.43 Å². The predicted molar refractivity (Wildman–Crippen MR) is 106 cm³/mol. The average Bonchev–Trinajstić information content (AvgIpc) is 2.53. The molecular formula is C18H43N3OSi. The Labute approximate surface area is 148 Å². The molecule has 0 saturated heterocycles. The molecule has 0 spiro atoms. The molecule has 23 heavy (non-hydrogen) atoms. The van der Waals surface area contributed by atoms with E-state index in [0.717, 1.165) is 13.1 Å². The lowest BCUT2D eigenvalue weighted by Crippen LogP contribution is -2.32. The maximum atomic E-state index is 5.78. The molecule has 0 aromatic rings. The molecule has 0 aliphatic carbocycles. The molecule has 0 N–H and O–H groups in total. The topological polar surface area (TPSA) is 19.0 Å². The molecule has 0 fully saturated rings. The summed E-state index contributed by atoms with van der Waals surface area (Å²) < 4.78 is 5.78. The third-order valence-corrected chi connectivity index (χ3v) is 6.12. The van der Waals surface area contributed by atoms with Crippen molar-refractivity contribution in [2.45, 2.75) is 59.1 Å². The lowest BCUT2D eigenvalue weighted by molar-refractivity contribution is 0.228. The zero-order chi connectivity index (χ0) is 17.5. The van der Waals surface area contributed by atoms with Crippen molar-refractivity contribution in [1.29, 1.82) is 0 Å². The van der Waals surface area contributed by atoms with Crippen LogP contribution in [-0.4, -0.2) is 90.5 Å². The summed E-state index contributed by atoms with van der Waals surface area (Å²) in [7, 11) is 4.14. The first-order valence-electron chi connectivity index (χ1n) is 9.70. The van der Waals surface area contributed by atoms with Gasteiger partial charge in [0.05, 0.1) is 0 Å². The second-order valence-corrected chi connectivity index (χ2v) is 8.42. The minimum atomic E-state index is -0.294. The van der Waals surface area contributed by atoms with Gasteiger partial charge < -0.3 is 19.1 Å². The summed E-state index contributed by atoms with van der Waals surface area (Å²) in [5.41, 5.74) is 0. The van der Waals surface area contributed by atoms with Crippen LogP contribution in [0.1, 0.15) is 47.0 Å². The molecule has 0 aliphatic rings. The summed E-state index contributed by atoms with van der Waals surface area (Å²) in [4.78, 5) is 7.50. The van der Waals surface area contributed by atoms with Crippen LogP contribution in [0.5, 0.6) is 0 Å². The van der Waals surface area contributed by atoms with Crippen LogP contribution in [-0.2, 0) is 4.43 Å². The molecule has 0 atom stereocenters. The first-order chi connectivity index (χ1) is 11.0. The van der Waals surface area contributed by atoms with Crippen LogP contribution in [0.3, 0.4) is 0 Å². The van der Waals surface area contributed by atoms with Crippen molar-refractivity contribution >= 4 is 9.76 Å². The molecule has 0 saturated carbocycles. The quantitative estimate of drug-likeness (QED) is 0.315. The minimum Gasteiger partial charge on any atom is -0.422 e. The summed E-state index contributed by atoms with van der Waals surface area (Å²) >= 11 is 0. The second kappa shape index (κ2) is 15.6. The number of hydrogen-bond acceptors (Lipinski definition) is 4. The summed E-state index contributed by atoms with van der Waals surface area (Å²) in [6.45, 7) is 17.2. The lowest BCUT2D eigenvalue weighted by Gasteiger charge is -2.25. The van der Waals surface area contributed by atoms with Crippen molar-refractivity contribution in [1.82, 2.24) is 14.7 Å². The fraction of sp³-hybridized carbons (Fsp3) is 1.00. The lowest BCUT2D eigenvalue weighted by atomic mass is 10.3. The van der Waals surface area contributed by atoms with Gasteiger partial charge in [-0.05, 0) is 99.1 Å². The normalized spacial score (nSPS) is 12.8. The van der Waals surface area contributed by atoms with Crippen LogP contribution in [0, 0.1) is 0 Å². The van der Waals surface area contributed by atoms with Crippen LogP contribution >= 0.6 is 0 Å². The molecule has 0 rings (SSSR count). The van der Waals surface area contributed by atoms with Crippen LogP contribution in [0.25, 0.3) is 0 Å². The molecule has 140 valence electrons. The highest BCUT2D eigenvalue weighted by atomic mass is 28.2. The van der Waals surface area contributed by atoms with E-state index in [9.17, 15) is 0 Å². The van der Waals surface area contributed by atoms with Gasteiger partial charge in [-0.3, -0.25) is 0 Å². The molecule has 0 aliphatic heterocycles. The van der Waals surface area contributed by atoms with E-state index in [1.165, 1.54) is 58.0 Å². The van der Waals surface area contributed by atoms with E-state index in [2.05, 4.69) is 56.5 Å². The van der Waals surface area contributed by atoms with Crippen molar-refractivity contribution in [2.24, 2.45) is 0 Å². The molecule has 0 heterocycles. The Hall–Kier alpha value is 0.0569. The predicted octanol–water partition coefficient (Wildman–Crippen LogP) is 2.29. The van der Waals surface area contributed by atoms with Gasteiger partial charge in [0, 0.05) is 6.10 Å². The van der Waals surface area contributed by atoms with Crippen LogP contribution < -0.4 is 0 Å². The van der Waals surface area contributed by atoms with Gasteiger partial charge in [0.25, 0.3) is 0 Å². The smallest absolute Gasteiger partial charge is 0.161 e. The summed E-state index contributed by atoms with van der Waals surface area (Å²) in [5, 5.41) is 0. The highest BCUT2D eigenvalue weighted by molar-refractivity contribution is 6.27. The Morgan fingerprint density at radius 2 is 1.26 bits per heavy atom. The van der Waals surface area contributed by atoms with Gasteiger partial charge in [0.1, 0.15) is 0 Å². The fourth-order valence-corrected chi connectivity index (χ4v) is 3.60. The molecule has 0 amide bonds. The van der Waals surface area contributed by atoms with Gasteiger partial charge in [-0.25, -0.2) is 0 Å². The second-order valence-electron chi connectivity index (χ2n) is 6.97. The third-order valence-electron chi connectivity index (χ3n) is 4.43. The van der Waals surface area contributed by atoms with E-state index in [0.29, 0.717) is 6.10 Å².